The Morgan fingerprint density at radius 2 is 1.72 bits per heavy atom. The van der Waals surface area contributed by atoms with Crippen molar-refractivity contribution in [2.75, 3.05) is 33.9 Å². The van der Waals surface area contributed by atoms with Gasteiger partial charge in [0.25, 0.3) is 0 Å². The number of hydrogen-bond donors (Lipinski definition) is 4. The molecule has 0 atom stereocenters. The van der Waals surface area contributed by atoms with Crippen LogP contribution in [-0.4, -0.2) is 65.9 Å². The van der Waals surface area contributed by atoms with Crippen molar-refractivity contribution in [3.05, 3.63) is 76.9 Å². The monoisotopic (exact) mass is 590 g/mol. The van der Waals surface area contributed by atoms with Crippen LogP contribution in [0.3, 0.4) is 0 Å². The summed E-state index contributed by atoms with van der Waals surface area (Å²) in [5.41, 5.74) is 2.23. The first kappa shape index (κ1) is 31.2. The molecule has 10 nitrogen and oxygen atoms in total. The third kappa shape index (κ3) is 8.89. The first-order valence-corrected chi connectivity index (χ1v) is 14.3. The number of phenolic OH excluding ortho intramolecular Hbond substituents is 3. The summed E-state index contributed by atoms with van der Waals surface area (Å²) in [4.78, 5) is 26.6. The molecule has 0 unspecified atom stereocenters. The number of ketones is 1. The smallest absolute Gasteiger partial charge is 0.412 e. The fraction of sp³-hybridized carbons (Fsp3) is 0.333. The van der Waals surface area contributed by atoms with Gasteiger partial charge in [-0.2, -0.15) is 0 Å². The van der Waals surface area contributed by atoms with Crippen molar-refractivity contribution in [2.45, 2.75) is 38.6 Å². The molecule has 228 valence electrons. The summed E-state index contributed by atoms with van der Waals surface area (Å²) in [7, 11) is 3.61. The molecule has 4 N–H and O–H groups in total. The van der Waals surface area contributed by atoms with Gasteiger partial charge in [-0.3, -0.25) is 4.79 Å². The zero-order valence-corrected chi connectivity index (χ0v) is 24.5. The molecule has 0 radical (unpaired) electrons. The number of carbonyl (C=O) groups excluding carboxylic acids is 2. The molecule has 10 heteroatoms. The van der Waals surface area contributed by atoms with Crippen molar-refractivity contribution >= 4 is 18.0 Å². The number of nitrogens with zero attached hydrogens (tertiary/aromatic N) is 1. The Labute approximate surface area is 251 Å². The average Bonchev–Trinajstić information content (AvgIpc) is 2.98. The zero-order chi connectivity index (χ0) is 30.8. The number of aromatic hydroxyl groups is 3. The number of hydrogen-bond acceptors (Lipinski definition) is 9. The van der Waals surface area contributed by atoms with E-state index in [1.54, 1.807) is 24.3 Å². The molecule has 3 aromatic carbocycles. The molecule has 3 aromatic rings. The maximum Gasteiger partial charge on any atom is 0.412 e. The molecule has 0 bridgehead atoms. The fourth-order valence-corrected chi connectivity index (χ4v) is 4.77. The molecule has 4 rings (SSSR count). The van der Waals surface area contributed by atoms with E-state index in [-0.39, 0.29) is 12.4 Å². The highest BCUT2D eigenvalue weighted by Crippen LogP contribution is 2.37. The highest BCUT2D eigenvalue weighted by molar-refractivity contribution is 6.14. The van der Waals surface area contributed by atoms with Crippen molar-refractivity contribution < 1.29 is 39.1 Å². The average molecular weight is 591 g/mol. The second kappa shape index (κ2) is 15.0. The zero-order valence-electron chi connectivity index (χ0n) is 24.5. The summed E-state index contributed by atoms with van der Waals surface area (Å²) in [6, 6.07) is 15.2. The summed E-state index contributed by atoms with van der Waals surface area (Å²) >= 11 is 0. The molecule has 1 heterocycles. The molecular formula is C33H38N2O8. The van der Waals surface area contributed by atoms with E-state index in [1.165, 1.54) is 25.3 Å². The van der Waals surface area contributed by atoms with Gasteiger partial charge < -0.3 is 39.7 Å². The number of carbonyl (C=O) groups is 2. The van der Waals surface area contributed by atoms with Gasteiger partial charge in [0.1, 0.15) is 23.9 Å². The minimum atomic E-state index is -0.610. The van der Waals surface area contributed by atoms with E-state index in [2.05, 4.69) is 17.3 Å². The van der Waals surface area contributed by atoms with Gasteiger partial charge in [0.2, 0.25) is 0 Å². The van der Waals surface area contributed by atoms with E-state index in [0.717, 1.165) is 50.8 Å². The van der Waals surface area contributed by atoms with Crippen LogP contribution in [0.5, 0.6) is 34.5 Å². The topological polar surface area (TPSA) is 138 Å². The second-order valence-electron chi connectivity index (χ2n) is 10.5. The van der Waals surface area contributed by atoms with Crippen molar-refractivity contribution in [1.29, 1.82) is 0 Å². The molecule has 0 fully saturated rings. The van der Waals surface area contributed by atoms with E-state index in [4.69, 9.17) is 14.2 Å². The number of nitrogens with one attached hydrogen (secondary N) is 1. The first-order valence-electron chi connectivity index (χ1n) is 14.3. The van der Waals surface area contributed by atoms with Gasteiger partial charge in [-0.15, -0.1) is 0 Å². The third-order valence-corrected chi connectivity index (χ3v) is 7.02. The maximum atomic E-state index is 13.0. The largest absolute Gasteiger partial charge is 0.504 e. The molecule has 0 saturated carbocycles. The molecule has 0 saturated heterocycles. The number of fused-ring (bicyclic) bond motifs is 1. The first-order chi connectivity index (χ1) is 20.7. The number of rotatable bonds is 13. The number of amides is 1. The van der Waals surface area contributed by atoms with Crippen molar-refractivity contribution in [3.63, 3.8) is 0 Å². The van der Waals surface area contributed by atoms with Crippen LogP contribution in [0, 0.1) is 0 Å². The quantitative estimate of drug-likeness (QED) is 0.113. The summed E-state index contributed by atoms with van der Waals surface area (Å²) in [5.74, 6) is -0.157. The van der Waals surface area contributed by atoms with Gasteiger partial charge >= 0.3 is 6.09 Å². The molecule has 1 amide bonds. The molecule has 43 heavy (non-hydrogen) atoms. The Balaban J connectivity index is 1.14. The van der Waals surface area contributed by atoms with Crippen LogP contribution in [0.1, 0.15) is 53.6 Å². The lowest BCUT2D eigenvalue weighted by molar-refractivity contribution is 0.100. The molecule has 1 aliphatic heterocycles. The minimum Gasteiger partial charge on any atom is -0.504 e. The van der Waals surface area contributed by atoms with Crippen LogP contribution in [0.4, 0.5) is 4.79 Å². The summed E-state index contributed by atoms with van der Waals surface area (Å²) < 4.78 is 16.9. The predicted octanol–water partition coefficient (Wildman–Crippen LogP) is 5.64. The van der Waals surface area contributed by atoms with Gasteiger partial charge in [0.05, 0.1) is 12.2 Å². The van der Waals surface area contributed by atoms with Gasteiger partial charge in [-0.1, -0.05) is 31.4 Å². The van der Waals surface area contributed by atoms with Crippen LogP contribution in [0.2, 0.25) is 0 Å². The minimum absolute atomic E-state index is 0.0331. The van der Waals surface area contributed by atoms with Crippen LogP contribution >= 0.6 is 0 Å². The lowest BCUT2D eigenvalue weighted by atomic mass is 9.98. The van der Waals surface area contributed by atoms with Crippen LogP contribution in [-0.2, 0) is 6.54 Å². The summed E-state index contributed by atoms with van der Waals surface area (Å²) in [6.45, 7) is 2.35. The number of benzene rings is 3. The van der Waals surface area contributed by atoms with E-state index in [1.807, 2.05) is 18.2 Å². The number of Topliss-reactive ketones (excluding diaryl/α,β-unsaturated/α-hetero) is 1. The normalized spacial score (nSPS) is 13.5. The highest BCUT2D eigenvalue weighted by atomic mass is 16.6. The Kier molecular flexibility index (Phi) is 10.9. The van der Waals surface area contributed by atoms with Gasteiger partial charge in [-0.05, 0) is 80.0 Å². The van der Waals surface area contributed by atoms with Crippen molar-refractivity contribution in [1.82, 2.24) is 10.2 Å². The SMILES string of the molecule is CNC(=O)Oc1cccc(CN(C)CCCCCCCOc2ccc3c(c2)OC/C(=C/c2cc(O)c(O)c(O)c2)C3=O)c1. The molecule has 1 aliphatic rings. The lowest BCUT2D eigenvalue weighted by Gasteiger charge is -2.20. The van der Waals surface area contributed by atoms with Gasteiger partial charge in [0, 0.05) is 25.2 Å². The van der Waals surface area contributed by atoms with Crippen LogP contribution in [0.25, 0.3) is 6.08 Å². The predicted molar refractivity (Wildman–Crippen MR) is 162 cm³/mol. The Bertz CT molecular complexity index is 1450. The third-order valence-electron chi connectivity index (χ3n) is 7.02. The summed E-state index contributed by atoms with van der Waals surface area (Å²) in [5, 5.41) is 31.4. The van der Waals surface area contributed by atoms with Crippen LogP contribution < -0.4 is 19.5 Å². The molecule has 0 aromatic heterocycles. The van der Waals surface area contributed by atoms with Crippen molar-refractivity contribution in [2.24, 2.45) is 0 Å². The van der Waals surface area contributed by atoms with Gasteiger partial charge in [-0.25, -0.2) is 4.79 Å². The number of phenols is 3. The number of ether oxygens (including phenoxy) is 3. The Morgan fingerprint density at radius 1 is 0.977 bits per heavy atom. The van der Waals surface area contributed by atoms with E-state index < -0.39 is 23.3 Å². The molecule has 0 aliphatic carbocycles. The second-order valence-corrected chi connectivity index (χ2v) is 10.5. The lowest BCUT2D eigenvalue weighted by Crippen LogP contribution is -2.22. The number of unbranched alkanes of at least 4 members (excludes halogenated alkanes) is 4. The van der Waals surface area contributed by atoms with Gasteiger partial charge in [0.15, 0.2) is 23.0 Å². The Morgan fingerprint density at radius 3 is 2.49 bits per heavy atom. The van der Waals surface area contributed by atoms with Crippen molar-refractivity contribution in [3.8, 4) is 34.5 Å². The molecular weight excluding hydrogens is 552 g/mol. The highest BCUT2D eigenvalue weighted by Gasteiger charge is 2.24. The maximum absolute atomic E-state index is 13.0. The fourth-order valence-electron chi connectivity index (χ4n) is 4.77. The van der Waals surface area contributed by atoms with Crippen LogP contribution in [0.15, 0.2) is 60.2 Å². The summed E-state index contributed by atoms with van der Waals surface area (Å²) in [6.07, 6.45) is 6.33. The Hall–Kier alpha value is -4.70. The van der Waals surface area contributed by atoms with E-state index in [9.17, 15) is 24.9 Å². The van der Waals surface area contributed by atoms with E-state index in [0.29, 0.717) is 40.6 Å². The molecule has 0 spiro atoms. The standard InChI is InChI=1S/C33H38N2O8/c1-34-33(40)43-26-10-8-9-22(16-26)20-35(2)13-6-4-3-5-7-14-41-25-11-12-27-30(19-25)42-21-24(31(27)38)15-23-17-28(36)32(39)29(37)18-23/h8-12,15-19,36-37,39H,3-7,13-14,20-21H2,1-2H3,(H,34,40)/b24-15-. The van der Waals surface area contributed by atoms with E-state index >= 15 is 0 Å².